The number of rotatable bonds is 3. The van der Waals surface area contributed by atoms with Gasteiger partial charge in [0.1, 0.15) is 5.82 Å². The van der Waals surface area contributed by atoms with Crippen molar-refractivity contribution in [1.29, 1.82) is 0 Å². The highest BCUT2D eigenvalue weighted by Gasteiger charge is 2.32. The number of carbonyl (C=O) groups excluding carboxylic acids is 2. The average molecular weight is 367 g/mol. The average Bonchev–Trinajstić information content (AvgIpc) is 3.05. The molecule has 5 nitrogen and oxygen atoms in total. The first-order valence-electron chi connectivity index (χ1n) is 6.65. The lowest BCUT2D eigenvalue weighted by atomic mass is 10.2. The van der Waals surface area contributed by atoms with Gasteiger partial charge in [0.15, 0.2) is 10.4 Å². The van der Waals surface area contributed by atoms with E-state index in [1.807, 2.05) is 0 Å². The van der Waals surface area contributed by atoms with E-state index in [4.69, 9.17) is 4.42 Å². The summed E-state index contributed by atoms with van der Waals surface area (Å²) in [6.45, 7) is 0.301. The van der Waals surface area contributed by atoms with Crippen molar-refractivity contribution < 1.29 is 18.4 Å². The van der Waals surface area contributed by atoms with Crippen molar-refractivity contribution in [3.63, 3.8) is 0 Å². The first-order valence-corrected chi connectivity index (χ1v) is 7.44. The van der Waals surface area contributed by atoms with Crippen LogP contribution in [0.2, 0.25) is 0 Å². The van der Waals surface area contributed by atoms with Gasteiger partial charge in [0.25, 0.3) is 5.91 Å². The Morgan fingerprint density at radius 3 is 2.86 bits per heavy atom. The van der Waals surface area contributed by atoms with Gasteiger partial charge in [0, 0.05) is 18.7 Å². The molecular formula is C15H12BrFN2O3. The quantitative estimate of drug-likeness (QED) is 0.908. The lowest BCUT2D eigenvalue weighted by molar-refractivity contribution is -0.117. The highest BCUT2D eigenvalue weighted by molar-refractivity contribution is 9.10. The Bertz CT molecular complexity index is 731. The largest absolute Gasteiger partial charge is 0.444 e. The van der Waals surface area contributed by atoms with Crippen LogP contribution in [0.1, 0.15) is 17.0 Å². The van der Waals surface area contributed by atoms with Crippen LogP contribution in [0.25, 0.3) is 0 Å². The normalized spacial score (nSPS) is 17.8. The first-order chi connectivity index (χ1) is 10.5. The molecule has 0 spiro atoms. The summed E-state index contributed by atoms with van der Waals surface area (Å²) in [4.78, 5) is 25.5. The minimum Gasteiger partial charge on any atom is -0.444 e. The molecule has 2 aromatic rings. The van der Waals surface area contributed by atoms with E-state index < -0.39 is 5.82 Å². The molecule has 0 unspecified atom stereocenters. The van der Waals surface area contributed by atoms with Gasteiger partial charge in [-0.05, 0) is 46.3 Å². The third-order valence-corrected chi connectivity index (χ3v) is 3.80. The number of nitrogens with one attached hydrogen (secondary N) is 1. The van der Waals surface area contributed by atoms with Crippen LogP contribution >= 0.6 is 15.9 Å². The minimum atomic E-state index is -0.404. The molecule has 1 aromatic carbocycles. The van der Waals surface area contributed by atoms with Crippen LogP contribution in [0.15, 0.2) is 45.5 Å². The number of hydrogen-bond acceptors (Lipinski definition) is 3. The first kappa shape index (κ1) is 14.8. The summed E-state index contributed by atoms with van der Waals surface area (Å²) in [6.07, 6.45) is 0.171. The number of carbonyl (C=O) groups is 2. The molecule has 22 heavy (non-hydrogen) atoms. The van der Waals surface area contributed by atoms with Gasteiger partial charge < -0.3 is 14.6 Å². The fraction of sp³-hybridized carbons (Fsp3) is 0.200. The minimum absolute atomic E-state index is 0.156. The standard InChI is InChI=1S/C15H12BrFN2O3/c16-13-5-4-12(22-13)15(21)18-10-7-14(20)19(8-10)11-3-1-2-9(17)6-11/h1-6,10H,7-8H2,(H,18,21)/t10-/m0/s1. The fourth-order valence-corrected chi connectivity index (χ4v) is 2.70. The Kier molecular flexibility index (Phi) is 3.98. The van der Waals surface area contributed by atoms with Crippen LogP contribution in [-0.4, -0.2) is 24.4 Å². The maximum absolute atomic E-state index is 13.3. The molecule has 0 saturated carbocycles. The third-order valence-electron chi connectivity index (χ3n) is 3.38. The molecule has 0 radical (unpaired) electrons. The Morgan fingerprint density at radius 2 is 2.18 bits per heavy atom. The molecule has 114 valence electrons. The maximum Gasteiger partial charge on any atom is 0.287 e. The van der Waals surface area contributed by atoms with Gasteiger partial charge in [-0.25, -0.2) is 4.39 Å². The second kappa shape index (κ2) is 5.92. The van der Waals surface area contributed by atoms with Crippen LogP contribution in [0, 0.1) is 5.82 Å². The molecule has 1 atom stereocenters. The second-order valence-corrected chi connectivity index (χ2v) is 5.74. The molecule has 0 aliphatic carbocycles. The van der Waals surface area contributed by atoms with Crippen LogP contribution < -0.4 is 10.2 Å². The van der Waals surface area contributed by atoms with Crippen LogP contribution in [-0.2, 0) is 4.79 Å². The van der Waals surface area contributed by atoms with E-state index in [9.17, 15) is 14.0 Å². The summed E-state index contributed by atoms with van der Waals surface area (Å²) in [7, 11) is 0. The summed E-state index contributed by atoms with van der Waals surface area (Å²) in [5.41, 5.74) is 0.488. The summed E-state index contributed by atoms with van der Waals surface area (Å²) < 4.78 is 18.9. The Labute approximate surface area is 134 Å². The lowest BCUT2D eigenvalue weighted by Gasteiger charge is -2.17. The van der Waals surface area contributed by atoms with Gasteiger partial charge in [0.05, 0.1) is 6.04 Å². The van der Waals surface area contributed by atoms with Crippen molar-refractivity contribution in [3.05, 3.63) is 52.6 Å². The van der Waals surface area contributed by atoms with Crippen molar-refractivity contribution >= 4 is 33.4 Å². The van der Waals surface area contributed by atoms with E-state index in [2.05, 4.69) is 21.2 Å². The highest BCUT2D eigenvalue weighted by atomic mass is 79.9. The van der Waals surface area contributed by atoms with E-state index in [-0.39, 0.29) is 30.0 Å². The van der Waals surface area contributed by atoms with Crippen LogP contribution in [0.3, 0.4) is 0 Å². The van der Waals surface area contributed by atoms with Crippen LogP contribution in [0.5, 0.6) is 0 Å². The SMILES string of the molecule is O=C(N[C@H]1CC(=O)N(c2cccc(F)c2)C1)c1ccc(Br)o1. The molecule has 1 saturated heterocycles. The van der Waals surface area contributed by atoms with E-state index in [0.29, 0.717) is 16.9 Å². The number of anilines is 1. The zero-order valence-electron chi connectivity index (χ0n) is 11.4. The van der Waals surface area contributed by atoms with Gasteiger partial charge in [-0.3, -0.25) is 9.59 Å². The Balaban J connectivity index is 1.68. The molecule has 1 aliphatic rings. The van der Waals surface area contributed by atoms with Crippen molar-refractivity contribution in [2.24, 2.45) is 0 Å². The number of furan rings is 1. The number of halogens is 2. The molecule has 1 aliphatic heterocycles. The molecule has 2 amide bonds. The summed E-state index contributed by atoms with van der Waals surface area (Å²) in [6, 6.07) is 8.64. The number of nitrogens with zero attached hydrogens (tertiary/aromatic N) is 1. The van der Waals surface area contributed by atoms with Gasteiger partial charge >= 0.3 is 0 Å². The topological polar surface area (TPSA) is 62.6 Å². The summed E-state index contributed by atoms with van der Waals surface area (Å²) in [5.74, 6) is -0.775. The second-order valence-electron chi connectivity index (χ2n) is 4.96. The van der Waals surface area contributed by atoms with Gasteiger partial charge in [-0.1, -0.05) is 6.07 Å². The smallest absolute Gasteiger partial charge is 0.287 e. The van der Waals surface area contributed by atoms with Gasteiger partial charge in [0.2, 0.25) is 5.91 Å². The fourth-order valence-electron chi connectivity index (χ4n) is 2.39. The number of benzene rings is 1. The third kappa shape index (κ3) is 3.04. The van der Waals surface area contributed by atoms with Gasteiger partial charge in [-0.15, -0.1) is 0 Å². The molecule has 3 rings (SSSR count). The van der Waals surface area contributed by atoms with Crippen molar-refractivity contribution in [3.8, 4) is 0 Å². The highest BCUT2D eigenvalue weighted by Crippen LogP contribution is 2.22. The molecule has 1 fully saturated rings. The van der Waals surface area contributed by atoms with Crippen molar-refractivity contribution in [1.82, 2.24) is 5.32 Å². The zero-order chi connectivity index (χ0) is 15.7. The molecule has 0 bridgehead atoms. The zero-order valence-corrected chi connectivity index (χ0v) is 13.0. The van der Waals surface area contributed by atoms with Crippen LogP contribution in [0.4, 0.5) is 10.1 Å². The predicted molar refractivity (Wildman–Crippen MR) is 81.0 cm³/mol. The van der Waals surface area contributed by atoms with Crippen molar-refractivity contribution in [2.45, 2.75) is 12.5 Å². The molecule has 2 heterocycles. The predicted octanol–water partition coefficient (Wildman–Crippen LogP) is 2.72. The summed E-state index contributed by atoms with van der Waals surface area (Å²) >= 11 is 3.13. The van der Waals surface area contributed by atoms with E-state index >= 15 is 0 Å². The monoisotopic (exact) mass is 366 g/mol. The van der Waals surface area contributed by atoms with E-state index in [0.717, 1.165) is 0 Å². The summed E-state index contributed by atoms with van der Waals surface area (Å²) in [5, 5.41) is 2.74. The Hall–Kier alpha value is -2.15. The molecule has 7 heteroatoms. The van der Waals surface area contributed by atoms with E-state index in [1.165, 1.54) is 17.0 Å². The maximum atomic E-state index is 13.3. The molecular weight excluding hydrogens is 355 g/mol. The lowest BCUT2D eigenvalue weighted by Crippen LogP contribution is -2.37. The number of amides is 2. The van der Waals surface area contributed by atoms with E-state index in [1.54, 1.807) is 24.3 Å². The van der Waals surface area contributed by atoms with Crippen molar-refractivity contribution in [2.75, 3.05) is 11.4 Å². The Morgan fingerprint density at radius 1 is 1.36 bits per heavy atom. The number of hydrogen-bond donors (Lipinski definition) is 1. The molecule has 1 aromatic heterocycles. The molecule has 1 N–H and O–H groups in total. The van der Waals surface area contributed by atoms with Gasteiger partial charge in [-0.2, -0.15) is 0 Å².